The molecule has 2 aliphatic rings. The molecule has 0 radical (unpaired) electrons. The van der Waals surface area contributed by atoms with Gasteiger partial charge in [0.2, 0.25) is 0 Å². The second kappa shape index (κ2) is 9.79. The number of hydrogen-bond donors (Lipinski definition) is 1. The van der Waals surface area contributed by atoms with Gasteiger partial charge >= 0.3 is 17.8 Å². The van der Waals surface area contributed by atoms with E-state index in [1.807, 2.05) is 13.0 Å². The van der Waals surface area contributed by atoms with Gasteiger partial charge in [-0.3, -0.25) is 9.59 Å². The molecule has 2 aromatic carbocycles. The number of benzene rings is 2. The summed E-state index contributed by atoms with van der Waals surface area (Å²) < 4.78 is 13.4. The number of amides is 4. The third-order valence-electron chi connectivity index (χ3n) is 6.16. The number of urea groups is 1. The van der Waals surface area contributed by atoms with E-state index in [9.17, 15) is 18.8 Å². The van der Waals surface area contributed by atoms with Gasteiger partial charge in [0.05, 0.1) is 10.7 Å². The van der Waals surface area contributed by atoms with E-state index >= 15 is 0 Å². The van der Waals surface area contributed by atoms with E-state index in [1.165, 1.54) is 17.0 Å². The molecule has 2 aromatic rings. The fourth-order valence-corrected chi connectivity index (χ4v) is 4.62. The Balaban J connectivity index is 1.30. The molecule has 2 fully saturated rings. The highest BCUT2D eigenvalue weighted by Crippen LogP contribution is 2.25. The number of likely N-dealkylation sites (tertiary alicyclic amines) is 1. The Bertz CT molecular complexity index is 1070. The lowest BCUT2D eigenvalue weighted by atomic mass is 10.0. The van der Waals surface area contributed by atoms with Gasteiger partial charge in [-0.25, -0.2) is 9.18 Å². The highest BCUT2D eigenvalue weighted by Gasteiger charge is 2.38. The van der Waals surface area contributed by atoms with E-state index in [2.05, 4.69) is 5.32 Å². The van der Waals surface area contributed by atoms with E-state index < -0.39 is 11.8 Å². The molecule has 9 heteroatoms. The molecule has 0 spiro atoms. The second-order valence-electron chi connectivity index (χ2n) is 8.49. The topological polar surface area (TPSA) is 73.0 Å². The number of carbonyl (C=O) groups is 3. The number of piperazine rings is 1. The van der Waals surface area contributed by atoms with Gasteiger partial charge in [-0.05, 0) is 55.2 Å². The van der Waals surface area contributed by atoms with Crippen LogP contribution in [0.2, 0.25) is 5.02 Å². The Labute approximate surface area is 197 Å². The van der Waals surface area contributed by atoms with Crippen LogP contribution in [0, 0.1) is 12.7 Å². The minimum absolute atomic E-state index is 0.0928. The first-order valence-electron chi connectivity index (χ1n) is 11.0. The van der Waals surface area contributed by atoms with Crippen molar-refractivity contribution in [3.05, 3.63) is 64.4 Å². The quantitative estimate of drug-likeness (QED) is 0.690. The van der Waals surface area contributed by atoms with Crippen LogP contribution in [0.25, 0.3) is 0 Å². The molecule has 7 nitrogen and oxygen atoms in total. The summed E-state index contributed by atoms with van der Waals surface area (Å²) in [5.74, 6) is -1.47. The number of anilines is 1. The third kappa shape index (κ3) is 5.27. The van der Waals surface area contributed by atoms with Crippen molar-refractivity contribution in [2.24, 2.45) is 0 Å². The summed E-state index contributed by atoms with van der Waals surface area (Å²) in [6, 6.07) is 11.2. The first kappa shape index (κ1) is 23.0. The average Bonchev–Trinajstić information content (AvgIpc) is 2.79. The van der Waals surface area contributed by atoms with E-state index in [-0.39, 0.29) is 24.4 Å². The summed E-state index contributed by atoms with van der Waals surface area (Å²) in [6.45, 7) is 3.91. The summed E-state index contributed by atoms with van der Waals surface area (Å²) in [7, 11) is 0. The molecule has 4 rings (SSSR count). The van der Waals surface area contributed by atoms with Gasteiger partial charge in [0.25, 0.3) is 0 Å². The van der Waals surface area contributed by atoms with Crippen LogP contribution in [-0.2, 0) is 16.1 Å². The molecule has 1 N–H and O–H groups in total. The molecule has 0 bridgehead atoms. The van der Waals surface area contributed by atoms with Gasteiger partial charge in [0.15, 0.2) is 0 Å². The minimum Gasteiger partial charge on any atom is -0.330 e. The van der Waals surface area contributed by atoms with Gasteiger partial charge in [-0.2, -0.15) is 0 Å². The van der Waals surface area contributed by atoms with Gasteiger partial charge in [-0.1, -0.05) is 29.8 Å². The molecule has 0 unspecified atom stereocenters. The predicted octanol–water partition coefficient (Wildman–Crippen LogP) is 3.65. The predicted molar refractivity (Wildman–Crippen MR) is 123 cm³/mol. The Hall–Kier alpha value is -3.13. The first-order valence-corrected chi connectivity index (χ1v) is 11.4. The molecule has 2 heterocycles. The molecule has 2 saturated heterocycles. The van der Waals surface area contributed by atoms with Crippen molar-refractivity contribution in [3.8, 4) is 0 Å². The fourth-order valence-electron chi connectivity index (χ4n) is 4.34. The highest BCUT2D eigenvalue weighted by molar-refractivity contribution is 6.35. The van der Waals surface area contributed by atoms with Crippen LogP contribution < -0.4 is 5.32 Å². The standard InChI is InChI=1S/C24H26ClFN4O3/c1-16-5-6-21(20(25)13-16)27-24(33)28-9-7-19(8-10-28)30-12-11-29(22(31)23(30)32)15-17-3-2-4-18(26)14-17/h2-6,13-14,19H,7-12,15H2,1H3,(H,27,33). The van der Waals surface area contributed by atoms with Gasteiger partial charge in [0.1, 0.15) is 5.82 Å². The number of piperidine rings is 1. The van der Waals surface area contributed by atoms with Gasteiger partial charge in [0, 0.05) is 38.8 Å². The van der Waals surface area contributed by atoms with Crippen LogP contribution in [0.15, 0.2) is 42.5 Å². The van der Waals surface area contributed by atoms with E-state index in [0.29, 0.717) is 55.3 Å². The second-order valence-corrected chi connectivity index (χ2v) is 8.89. The number of nitrogens with zero attached hydrogens (tertiary/aromatic N) is 3. The zero-order valence-electron chi connectivity index (χ0n) is 18.4. The van der Waals surface area contributed by atoms with Crippen LogP contribution in [0.1, 0.15) is 24.0 Å². The molecule has 0 aliphatic carbocycles. The van der Waals surface area contributed by atoms with Crippen molar-refractivity contribution in [3.63, 3.8) is 0 Å². The molecular formula is C24H26ClFN4O3. The molecule has 4 amide bonds. The van der Waals surface area contributed by atoms with Crippen LogP contribution in [0.5, 0.6) is 0 Å². The molecule has 0 saturated carbocycles. The molecule has 0 aromatic heterocycles. The lowest BCUT2D eigenvalue weighted by molar-refractivity contribution is -0.158. The summed E-state index contributed by atoms with van der Waals surface area (Å²) in [4.78, 5) is 42.8. The fraction of sp³-hybridized carbons (Fsp3) is 0.375. The summed E-state index contributed by atoms with van der Waals surface area (Å²) >= 11 is 6.21. The molecule has 2 aliphatic heterocycles. The van der Waals surface area contributed by atoms with E-state index in [0.717, 1.165) is 5.56 Å². The van der Waals surface area contributed by atoms with E-state index in [4.69, 9.17) is 11.6 Å². The SMILES string of the molecule is Cc1ccc(NC(=O)N2CCC(N3CCN(Cc4cccc(F)c4)C(=O)C3=O)CC2)c(Cl)c1. The maximum absolute atomic E-state index is 13.4. The lowest BCUT2D eigenvalue weighted by Gasteiger charge is -2.42. The van der Waals surface area contributed by atoms with Crippen LogP contribution >= 0.6 is 11.6 Å². The molecule has 174 valence electrons. The maximum Gasteiger partial charge on any atom is 0.321 e. The Morgan fingerprint density at radius 1 is 1.06 bits per heavy atom. The number of rotatable bonds is 4. The van der Waals surface area contributed by atoms with Crippen molar-refractivity contribution in [2.75, 3.05) is 31.5 Å². The summed E-state index contributed by atoms with van der Waals surface area (Å²) in [5.41, 5.74) is 2.22. The van der Waals surface area contributed by atoms with Crippen molar-refractivity contribution in [1.82, 2.24) is 14.7 Å². The van der Waals surface area contributed by atoms with Crippen molar-refractivity contribution in [2.45, 2.75) is 32.4 Å². The summed E-state index contributed by atoms with van der Waals surface area (Å²) in [6.07, 6.45) is 1.19. The normalized spacial score (nSPS) is 17.5. The Kier molecular flexibility index (Phi) is 6.83. The van der Waals surface area contributed by atoms with Gasteiger partial charge < -0.3 is 20.0 Å². The largest absolute Gasteiger partial charge is 0.330 e. The number of nitrogens with one attached hydrogen (secondary N) is 1. The van der Waals surface area contributed by atoms with Crippen LogP contribution in [0.4, 0.5) is 14.9 Å². The minimum atomic E-state index is -0.570. The Morgan fingerprint density at radius 2 is 1.82 bits per heavy atom. The number of carbonyl (C=O) groups excluding carboxylic acids is 3. The van der Waals surface area contributed by atoms with E-state index in [1.54, 1.807) is 34.1 Å². The lowest BCUT2D eigenvalue weighted by Crippen LogP contribution is -2.59. The van der Waals surface area contributed by atoms with Gasteiger partial charge in [-0.15, -0.1) is 0 Å². The number of hydrogen-bond acceptors (Lipinski definition) is 3. The zero-order valence-corrected chi connectivity index (χ0v) is 19.1. The number of halogens is 2. The van der Waals surface area contributed by atoms with Crippen molar-refractivity contribution >= 4 is 35.1 Å². The molecule has 33 heavy (non-hydrogen) atoms. The first-order chi connectivity index (χ1) is 15.8. The number of aryl methyl sites for hydroxylation is 1. The van der Waals surface area contributed by atoms with Crippen LogP contribution in [0.3, 0.4) is 0 Å². The van der Waals surface area contributed by atoms with Crippen LogP contribution in [-0.4, -0.2) is 64.8 Å². The van der Waals surface area contributed by atoms with Crippen molar-refractivity contribution < 1.29 is 18.8 Å². The molecule has 0 atom stereocenters. The summed E-state index contributed by atoms with van der Waals surface area (Å²) in [5, 5.41) is 3.32. The highest BCUT2D eigenvalue weighted by atomic mass is 35.5. The molecular weight excluding hydrogens is 447 g/mol. The average molecular weight is 473 g/mol. The third-order valence-corrected chi connectivity index (χ3v) is 6.48. The zero-order chi connectivity index (χ0) is 23.5. The Morgan fingerprint density at radius 3 is 2.52 bits per heavy atom. The maximum atomic E-state index is 13.4. The monoisotopic (exact) mass is 472 g/mol. The van der Waals surface area contributed by atoms with Crippen molar-refractivity contribution in [1.29, 1.82) is 0 Å². The smallest absolute Gasteiger partial charge is 0.321 e.